The van der Waals surface area contributed by atoms with E-state index in [1.54, 1.807) is 6.08 Å². The van der Waals surface area contributed by atoms with Crippen LogP contribution in [0.25, 0.3) is 22.4 Å². The Balaban J connectivity index is 2.03. The van der Waals surface area contributed by atoms with Gasteiger partial charge in [-0.25, -0.2) is 0 Å². The van der Waals surface area contributed by atoms with Crippen LogP contribution in [0.1, 0.15) is 18.1 Å². The molecule has 0 N–H and O–H groups in total. The van der Waals surface area contributed by atoms with Crippen LogP contribution in [0.15, 0.2) is 171 Å². The molecule has 0 aliphatic heterocycles. The maximum atomic E-state index is 3.96. The Morgan fingerprint density at radius 3 is 2.05 bits per heavy atom. The lowest BCUT2D eigenvalue weighted by Gasteiger charge is -2.31. The van der Waals surface area contributed by atoms with E-state index in [-0.39, 0.29) is 0 Å². The van der Waals surface area contributed by atoms with E-state index in [9.17, 15) is 0 Å². The molecule has 0 aliphatic carbocycles. The summed E-state index contributed by atoms with van der Waals surface area (Å²) in [5, 5.41) is 0. The molecule has 1 nitrogen and oxygen atoms in total. The summed E-state index contributed by atoms with van der Waals surface area (Å²) in [5.74, 6) is 0. The summed E-state index contributed by atoms with van der Waals surface area (Å²) in [5.41, 5.74) is 8.86. The zero-order chi connectivity index (χ0) is 26.6. The molecule has 0 radical (unpaired) electrons. The number of rotatable bonds is 10. The normalized spacial score (nSPS) is 12.1. The van der Waals surface area contributed by atoms with Crippen LogP contribution in [-0.4, -0.2) is 0 Å². The van der Waals surface area contributed by atoms with E-state index in [0.29, 0.717) is 0 Å². The molecule has 186 valence electrons. The highest BCUT2D eigenvalue weighted by molar-refractivity contribution is 5.95. The van der Waals surface area contributed by atoms with Gasteiger partial charge in [0, 0.05) is 11.3 Å². The van der Waals surface area contributed by atoms with Gasteiger partial charge in [-0.3, -0.25) is 0 Å². The monoisotopic (exact) mass is 491 g/mol. The zero-order valence-electron chi connectivity index (χ0n) is 21.9. The molecular formula is C37H33N. The van der Waals surface area contributed by atoms with E-state index in [1.165, 1.54) is 5.56 Å². The van der Waals surface area contributed by atoms with Crippen LogP contribution < -0.4 is 4.90 Å². The molecular weight excluding hydrogens is 458 g/mol. The van der Waals surface area contributed by atoms with E-state index >= 15 is 0 Å². The van der Waals surface area contributed by atoms with Gasteiger partial charge in [-0.1, -0.05) is 147 Å². The lowest BCUT2D eigenvalue weighted by molar-refractivity contribution is 1.28. The molecule has 0 amide bonds. The first-order chi connectivity index (χ1) is 18.8. The average Bonchev–Trinajstić information content (AvgIpc) is 2.98. The van der Waals surface area contributed by atoms with Crippen molar-refractivity contribution in [2.24, 2.45) is 0 Å². The van der Waals surface area contributed by atoms with Crippen LogP contribution in [0, 0.1) is 0 Å². The van der Waals surface area contributed by atoms with Crippen molar-refractivity contribution in [1.29, 1.82) is 0 Å². The van der Waals surface area contributed by atoms with E-state index in [0.717, 1.165) is 39.3 Å². The Labute approximate surface area is 227 Å². The van der Waals surface area contributed by atoms with Gasteiger partial charge in [0.25, 0.3) is 0 Å². The van der Waals surface area contributed by atoms with Crippen LogP contribution in [-0.2, 0) is 0 Å². The lowest BCUT2D eigenvalue weighted by Crippen LogP contribution is -2.17. The molecule has 1 heteroatoms. The summed E-state index contributed by atoms with van der Waals surface area (Å²) in [6.45, 7) is 9.86. The molecule has 0 saturated carbocycles. The Kier molecular flexibility index (Phi) is 9.26. The molecule has 4 rings (SSSR count). The van der Waals surface area contributed by atoms with Crippen LogP contribution in [0.2, 0.25) is 0 Å². The third-order valence-corrected chi connectivity index (χ3v) is 6.12. The zero-order valence-corrected chi connectivity index (χ0v) is 21.9. The van der Waals surface area contributed by atoms with E-state index in [4.69, 9.17) is 0 Å². The lowest BCUT2D eigenvalue weighted by atomic mass is 9.98. The predicted molar refractivity (Wildman–Crippen MR) is 167 cm³/mol. The highest BCUT2D eigenvalue weighted by Gasteiger charge is 2.20. The fourth-order valence-electron chi connectivity index (χ4n) is 4.45. The Morgan fingerprint density at radius 1 is 0.658 bits per heavy atom. The fourth-order valence-corrected chi connectivity index (χ4v) is 4.45. The fraction of sp³-hybridized carbons (Fsp3) is 0.0270. The van der Waals surface area contributed by atoms with E-state index < -0.39 is 0 Å². The standard InChI is InChI=1S/C37H33N/c1-4-7-10-27-36(32-22-13-9-14-23-32)38(34-25-17-24-33(29-34)30-20-11-8-12-21-30)37-28-16-15-26-35(37)31(18-5-2)19-6-3/h4-29H,1-2H2,3H3/b10-7-,19-6-,31-18+,36-27+. The van der Waals surface area contributed by atoms with Crippen LogP contribution >= 0.6 is 0 Å². The van der Waals surface area contributed by atoms with Crippen molar-refractivity contribution >= 4 is 22.6 Å². The van der Waals surface area contributed by atoms with Crippen molar-refractivity contribution < 1.29 is 0 Å². The predicted octanol–water partition coefficient (Wildman–Crippen LogP) is 10.4. The number of para-hydroxylation sites is 1. The van der Waals surface area contributed by atoms with Gasteiger partial charge in [-0.05, 0) is 53.5 Å². The Bertz CT molecular complexity index is 1480. The van der Waals surface area contributed by atoms with E-state index in [2.05, 4.69) is 139 Å². The molecule has 0 aliphatic rings. The molecule has 0 saturated heterocycles. The maximum Gasteiger partial charge on any atom is 0.0540 e. The first kappa shape index (κ1) is 26.2. The van der Waals surface area contributed by atoms with Crippen molar-refractivity contribution in [3.8, 4) is 11.1 Å². The number of hydrogen-bond acceptors (Lipinski definition) is 1. The molecule has 0 heterocycles. The summed E-state index contributed by atoms with van der Waals surface area (Å²) in [6.07, 6.45) is 16.0. The summed E-state index contributed by atoms with van der Waals surface area (Å²) >= 11 is 0. The second-order valence-corrected chi connectivity index (χ2v) is 8.67. The van der Waals surface area contributed by atoms with Crippen LogP contribution in [0.3, 0.4) is 0 Å². The SMILES string of the molecule is C=C/C=C\C=C(/c1ccccc1)N(c1cccc(-c2ccccc2)c1)c1ccccc1C(/C=C\C)=C/C=C. The topological polar surface area (TPSA) is 3.24 Å². The van der Waals surface area contributed by atoms with Crippen molar-refractivity contribution in [3.05, 3.63) is 182 Å². The average molecular weight is 492 g/mol. The van der Waals surface area contributed by atoms with Gasteiger partial charge in [0.15, 0.2) is 0 Å². The smallest absolute Gasteiger partial charge is 0.0540 e. The number of allylic oxidation sites excluding steroid dienone is 9. The molecule has 0 bridgehead atoms. The first-order valence-electron chi connectivity index (χ1n) is 12.8. The van der Waals surface area contributed by atoms with Gasteiger partial charge in [-0.2, -0.15) is 0 Å². The van der Waals surface area contributed by atoms with Gasteiger partial charge < -0.3 is 4.90 Å². The quantitative estimate of drug-likeness (QED) is 0.199. The van der Waals surface area contributed by atoms with Gasteiger partial charge in [0.2, 0.25) is 0 Å². The minimum absolute atomic E-state index is 1.06. The summed E-state index contributed by atoms with van der Waals surface area (Å²) in [6, 6.07) is 38.2. The summed E-state index contributed by atoms with van der Waals surface area (Å²) in [4.78, 5) is 2.34. The molecule has 4 aromatic rings. The van der Waals surface area contributed by atoms with Crippen molar-refractivity contribution in [2.75, 3.05) is 4.90 Å². The van der Waals surface area contributed by atoms with Gasteiger partial charge in [-0.15, -0.1) is 0 Å². The highest BCUT2D eigenvalue weighted by Crippen LogP contribution is 2.40. The molecule has 0 aromatic heterocycles. The summed E-state index contributed by atoms with van der Waals surface area (Å²) < 4.78 is 0. The van der Waals surface area contributed by atoms with Gasteiger partial charge in [0.05, 0.1) is 11.4 Å². The highest BCUT2D eigenvalue weighted by atomic mass is 15.2. The second kappa shape index (κ2) is 13.4. The third kappa shape index (κ3) is 6.27. The summed E-state index contributed by atoms with van der Waals surface area (Å²) in [7, 11) is 0. The Morgan fingerprint density at radius 2 is 1.34 bits per heavy atom. The second-order valence-electron chi connectivity index (χ2n) is 8.67. The Hall–Kier alpha value is -4.88. The van der Waals surface area contributed by atoms with Crippen molar-refractivity contribution in [2.45, 2.75) is 6.92 Å². The molecule has 0 spiro atoms. The number of benzene rings is 4. The number of anilines is 2. The molecule has 4 aromatic carbocycles. The van der Waals surface area contributed by atoms with Gasteiger partial charge in [0.1, 0.15) is 0 Å². The maximum absolute atomic E-state index is 3.96. The van der Waals surface area contributed by atoms with Crippen molar-refractivity contribution in [1.82, 2.24) is 0 Å². The van der Waals surface area contributed by atoms with Crippen LogP contribution in [0.5, 0.6) is 0 Å². The van der Waals surface area contributed by atoms with Gasteiger partial charge >= 0.3 is 0 Å². The molecule has 38 heavy (non-hydrogen) atoms. The van der Waals surface area contributed by atoms with E-state index in [1.807, 2.05) is 37.3 Å². The number of hydrogen-bond donors (Lipinski definition) is 0. The first-order valence-corrected chi connectivity index (χ1v) is 12.8. The van der Waals surface area contributed by atoms with Crippen LogP contribution in [0.4, 0.5) is 11.4 Å². The minimum atomic E-state index is 1.06. The minimum Gasteiger partial charge on any atom is -0.309 e. The molecule has 0 unspecified atom stereocenters. The molecule has 0 fully saturated rings. The number of nitrogens with zero attached hydrogens (tertiary/aromatic N) is 1. The molecule has 0 atom stereocenters. The third-order valence-electron chi connectivity index (χ3n) is 6.12. The van der Waals surface area contributed by atoms with Crippen molar-refractivity contribution in [3.63, 3.8) is 0 Å². The largest absolute Gasteiger partial charge is 0.309 e.